The maximum Gasteiger partial charge on any atom is 0.232 e. The summed E-state index contributed by atoms with van der Waals surface area (Å²) in [5.74, 6) is -0.143. The van der Waals surface area contributed by atoms with Crippen LogP contribution in [0.4, 0.5) is 5.13 Å². The number of rotatable bonds is 4. The number of hydrogen-bond acceptors (Lipinski definition) is 7. The predicted octanol–water partition coefficient (Wildman–Crippen LogP) is 0.943. The molecule has 0 saturated carbocycles. The van der Waals surface area contributed by atoms with Crippen molar-refractivity contribution < 1.29 is 4.79 Å². The molecule has 0 atom stereocenters. The highest BCUT2D eigenvalue weighted by Gasteiger charge is 2.09. The SMILES string of the molecule is Cc1nnc(NC(=O)Cc2csc(CN)n2)s1. The second kappa shape index (κ2) is 5.30. The van der Waals surface area contributed by atoms with Crippen LogP contribution in [0.3, 0.4) is 0 Å². The molecular weight excluding hydrogens is 258 g/mol. The zero-order chi connectivity index (χ0) is 12.3. The van der Waals surface area contributed by atoms with E-state index < -0.39 is 0 Å². The van der Waals surface area contributed by atoms with E-state index in [9.17, 15) is 4.79 Å². The monoisotopic (exact) mass is 269 g/mol. The Kier molecular flexibility index (Phi) is 3.77. The fourth-order valence-corrected chi connectivity index (χ4v) is 2.48. The average molecular weight is 269 g/mol. The number of aromatic nitrogens is 3. The molecule has 2 rings (SSSR count). The van der Waals surface area contributed by atoms with Crippen LogP contribution in [0, 0.1) is 6.92 Å². The largest absolute Gasteiger partial charge is 0.325 e. The molecule has 3 N–H and O–H groups in total. The number of nitrogens with zero attached hydrogens (tertiary/aromatic N) is 3. The van der Waals surface area contributed by atoms with Gasteiger partial charge in [0.15, 0.2) is 0 Å². The second-order valence-corrected chi connectivity index (χ2v) is 5.41. The molecule has 0 spiro atoms. The van der Waals surface area contributed by atoms with Gasteiger partial charge in [0.2, 0.25) is 11.0 Å². The van der Waals surface area contributed by atoms with Crippen LogP contribution in [-0.4, -0.2) is 21.1 Å². The van der Waals surface area contributed by atoms with Crippen molar-refractivity contribution >= 4 is 33.7 Å². The Morgan fingerprint density at radius 1 is 1.53 bits per heavy atom. The van der Waals surface area contributed by atoms with Crippen molar-refractivity contribution in [1.82, 2.24) is 15.2 Å². The van der Waals surface area contributed by atoms with Crippen molar-refractivity contribution in [2.45, 2.75) is 19.9 Å². The zero-order valence-corrected chi connectivity index (χ0v) is 10.8. The Morgan fingerprint density at radius 3 is 2.94 bits per heavy atom. The molecule has 8 heteroatoms. The first-order chi connectivity index (χ1) is 8.17. The number of thiazole rings is 1. The number of hydrogen-bond donors (Lipinski definition) is 2. The highest BCUT2D eigenvalue weighted by atomic mass is 32.1. The molecule has 0 radical (unpaired) electrons. The summed E-state index contributed by atoms with van der Waals surface area (Å²) in [6, 6.07) is 0. The summed E-state index contributed by atoms with van der Waals surface area (Å²) < 4.78 is 0. The maximum atomic E-state index is 11.6. The van der Waals surface area contributed by atoms with Crippen molar-refractivity contribution in [3.63, 3.8) is 0 Å². The molecule has 1 amide bonds. The van der Waals surface area contributed by atoms with Crippen LogP contribution in [0.5, 0.6) is 0 Å². The van der Waals surface area contributed by atoms with E-state index in [1.807, 2.05) is 12.3 Å². The van der Waals surface area contributed by atoms with Crippen LogP contribution in [0.15, 0.2) is 5.38 Å². The lowest BCUT2D eigenvalue weighted by atomic mass is 10.3. The normalized spacial score (nSPS) is 10.5. The minimum Gasteiger partial charge on any atom is -0.325 e. The summed E-state index contributed by atoms with van der Waals surface area (Å²) in [7, 11) is 0. The van der Waals surface area contributed by atoms with Gasteiger partial charge < -0.3 is 11.1 Å². The topological polar surface area (TPSA) is 93.8 Å². The van der Waals surface area contributed by atoms with Crippen molar-refractivity contribution in [2.75, 3.05) is 5.32 Å². The van der Waals surface area contributed by atoms with E-state index in [1.54, 1.807) is 0 Å². The van der Waals surface area contributed by atoms with Crippen molar-refractivity contribution in [2.24, 2.45) is 5.73 Å². The van der Waals surface area contributed by atoms with Gasteiger partial charge in [0.1, 0.15) is 10.0 Å². The van der Waals surface area contributed by atoms with E-state index >= 15 is 0 Å². The molecular formula is C9H11N5OS2. The van der Waals surface area contributed by atoms with E-state index in [2.05, 4.69) is 20.5 Å². The molecule has 0 saturated heterocycles. The molecule has 0 aliphatic carbocycles. The van der Waals surface area contributed by atoms with Gasteiger partial charge in [0.05, 0.1) is 12.1 Å². The lowest BCUT2D eigenvalue weighted by Gasteiger charge is -1.97. The number of carbonyl (C=O) groups excluding carboxylic acids is 1. The summed E-state index contributed by atoms with van der Waals surface area (Å²) in [6.07, 6.45) is 0.231. The molecule has 0 aliphatic heterocycles. The summed E-state index contributed by atoms with van der Waals surface area (Å²) in [6.45, 7) is 2.24. The third-order valence-corrected chi connectivity index (χ3v) is 3.56. The number of carbonyl (C=O) groups is 1. The molecule has 2 heterocycles. The molecule has 0 bridgehead atoms. The van der Waals surface area contributed by atoms with Gasteiger partial charge in [-0.2, -0.15) is 0 Å². The molecule has 17 heavy (non-hydrogen) atoms. The number of aryl methyl sites for hydroxylation is 1. The van der Waals surface area contributed by atoms with E-state index in [4.69, 9.17) is 5.73 Å². The molecule has 0 aliphatic rings. The standard InChI is InChI=1S/C9H11N5OS2/c1-5-13-14-9(17-5)12-7(15)2-6-4-16-8(3-10)11-6/h4H,2-3,10H2,1H3,(H,12,14,15). The molecule has 2 aromatic heterocycles. The van der Waals surface area contributed by atoms with Crippen LogP contribution in [0.25, 0.3) is 0 Å². The summed E-state index contributed by atoms with van der Waals surface area (Å²) >= 11 is 2.80. The van der Waals surface area contributed by atoms with Crippen LogP contribution in [0.1, 0.15) is 15.7 Å². The number of nitrogens with two attached hydrogens (primary N) is 1. The minimum absolute atomic E-state index is 0.143. The summed E-state index contributed by atoms with van der Waals surface area (Å²) in [5, 5.41) is 14.3. The number of anilines is 1. The van der Waals surface area contributed by atoms with Crippen LogP contribution in [0.2, 0.25) is 0 Å². The first-order valence-electron chi connectivity index (χ1n) is 4.90. The molecule has 2 aromatic rings. The van der Waals surface area contributed by atoms with Gasteiger partial charge in [-0.05, 0) is 6.92 Å². The predicted molar refractivity (Wildman–Crippen MR) is 67.0 cm³/mol. The Morgan fingerprint density at radius 2 is 2.35 bits per heavy atom. The Hall–Kier alpha value is -1.38. The molecule has 6 nitrogen and oxygen atoms in total. The van der Waals surface area contributed by atoms with Crippen molar-refractivity contribution in [3.05, 3.63) is 21.1 Å². The lowest BCUT2D eigenvalue weighted by Crippen LogP contribution is -2.14. The Balaban J connectivity index is 1.93. The van der Waals surface area contributed by atoms with E-state index in [1.165, 1.54) is 22.7 Å². The van der Waals surface area contributed by atoms with Crippen LogP contribution >= 0.6 is 22.7 Å². The molecule has 0 aromatic carbocycles. The van der Waals surface area contributed by atoms with Gasteiger partial charge in [-0.15, -0.1) is 21.5 Å². The smallest absolute Gasteiger partial charge is 0.232 e. The number of nitrogens with one attached hydrogen (secondary N) is 1. The molecule has 0 fully saturated rings. The zero-order valence-electron chi connectivity index (χ0n) is 9.14. The fraction of sp³-hybridized carbons (Fsp3) is 0.333. The molecule has 90 valence electrons. The third-order valence-electron chi connectivity index (χ3n) is 1.89. The van der Waals surface area contributed by atoms with Crippen LogP contribution < -0.4 is 11.1 Å². The third kappa shape index (κ3) is 3.29. The second-order valence-electron chi connectivity index (χ2n) is 3.29. The van der Waals surface area contributed by atoms with E-state index in [0.717, 1.165) is 15.7 Å². The number of amides is 1. The summed E-state index contributed by atoms with van der Waals surface area (Å²) in [4.78, 5) is 15.9. The summed E-state index contributed by atoms with van der Waals surface area (Å²) in [5.41, 5.74) is 6.18. The Bertz CT molecular complexity index is 521. The Labute approximate surface area is 106 Å². The minimum atomic E-state index is -0.143. The van der Waals surface area contributed by atoms with Crippen LogP contribution in [-0.2, 0) is 17.8 Å². The highest BCUT2D eigenvalue weighted by molar-refractivity contribution is 7.15. The van der Waals surface area contributed by atoms with E-state index in [-0.39, 0.29) is 12.3 Å². The fourth-order valence-electron chi connectivity index (χ4n) is 1.20. The van der Waals surface area contributed by atoms with Gasteiger partial charge in [-0.3, -0.25) is 4.79 Å². The van der Waals surface area contributed by atoms with Gasteiger partial charge in [-0.25, -0.2) is 4.98 Å². The first-order valence-corrected chi connectivity index (χ1v) is 6.60. The average Bonchev–Trinajstić information content (AvgIpc) is 2.88. The quantitative estimate of drug-likeness (QED) is 0.861. The van der Waals surface area contributed by atoms with Crippen molar-refractivity contribution in [1.29, 1.82) is 0 Å². The first kappa shape index (κ1) is 12.1. The maximum absolute atomic E-state index is 11.6. The van der Waals surface area contributed by atoms with Crippen molar-refractivity contribution in [3.8, 4) is 0 Å². The van der Waals surface area contributed by atoms with Gasteiger partial charge >= 0.3 is 0 Å². The van der Waals surface area contributed by atoms with Gasteiger partial charge in [0.25, 0.3) is 0 Å². The lowest BCUT2D eigenvalue weighted by molar-refractivity contribution is -0.115. The van der Waals surface area contributed by atoms with E-state index in [0.29, 0.717) is 11.7 Å². The highest BCUT2D eigenvalue weighted by Crippen LogP contribution is 2.14. The van der Waals surface area contributed by atoms with Gasteiger partial charge in [-0.1, -0.05) is 11.3 Å². The van der Waals surface area contributed by atoms with Gasteiger partial charge in [0, 0.05) is 11.9 Å². The molecule has 0 unspecified atom stereocenters.